The van der Waals surface area contributed by atoms with Gasteiger partial charge in [0.15, 0.2) is 0 Å². The van der Waals surface area contributed by atoms with Crippen LogP contribution in [0.5, 0.6) is 5.75 Å². The molecule has 0 aliphatic rings. The van der Waals surface area contributed by atoms with Crippen molar-refractivity contribution in [1.29, 1.82) is 0 Å². The van der Waals surface area contributed by atoms with Crippen molar-refractivity contribution in [3.63, 3.8) is 0 Å². The number of hydrogen-bond acceptors (Lipinski definition) is 4. The van der Waals surface area contributed by atoms with E-state index in [1.54, 1.807) is 18.4 Å². The van der Waals surface area contributed by atoms with E-state index in [1.807, 2.05) is 24.4 Å². The summed E-state index contributed by atoms with van der Waals surface area (Å²) in [5.74, 6) is 0.912. The summed E-state index contributed by atoms with van der Waals surface area (Å²) in [6.45, 7) is 1.51. The van der Waals surface area contributed by atoms with Crippen LogP contribution in [-0.2, 0) is 13.1 Å². The van der Waals surface area contributed by atoms with E-state index < -0.39 is 0 Å². The van der Waals surface area contributed by atoms with Gasteiger partial charge < -0.3 is 10.1 Å². The third-order valence-electron chi connectivity index (χ3n) is 3.47. The maximum atomic E-state index is 5.36. The van der Waals surface area contributed by atoms with Gasteiger partial charge in [-0.2, -0.15) is 0 Å². The van der Waals surface area contributed by atoms with E-state index in [0.717, 1.165) is 33.9 Å². The second-order valence-electron chi connectivity index (χ2n) is 5.04. The van der Waals surface area contributed by atoms with Gasteiger partial charge in [0.1, 0.15) is 10.8 Å². The molecule has 1 N–H and O–H groups in total. The molecule has 0 bridgehead atoms. The molecule has 118 valence electrons. The molecule has 5 heteroatoms. The average Bonchev–Trinajstić information content (AvgIpc) is 3.05. The van der Waals surface area contributed by atoms with Crippen molar-refractivity contribution in [2.24, 2.45) is 0 Å². The zero-order valence-corrected chi connectivity index (χ0v) is 15.2. The largest absolute Gasteiger partial charge is 0.496 e. The maximum Gasteiger partial charge on any atom is 0.123 e. The minimum Gasteiger partial charge on any atom is -0.496 e. The lowest BCUT2D eigenvalue weighted by atomic mass is 10.2. The minimum absolute atomic E-state index is 0.749. The van der Waals surface area contributed by atoms with E-state index in [0.29, 0.717) is 0 Å². The van der Waals surface area contributed by atoms with Crippen LogP contribution in [0.15, 0.2) is 59.2 Å². The number of benzene rings is 2. The molecule has 1 aromatic heterocycles. The van der Waals surface area contributed by atoms with E-state index in [-0.39, 0.29) is 0 Å². The monoisotopic (exact) mass is 388 g/mol. The number of methoxy groups -OCH3 is 1. The van der Waals surface area contributed by atoms with Crippen molar-refractivity contribution < 1.29 is 4.74 Å². The molecule has 3 aromatic rings. The first-order valence-corrected chi connectivity index (χ1v) is 8.90. The van der Waals surface area contributed by atoms with Gasteiger partial charge in [0.25, 0.3) is 0 Å². The van der Waals surface area contributed by atoms with Crippen molar-refractivity contribution in [3.8, 4) is 16.2 Å². The highest BCUT2D eigenvalue weighted by Gasteiger charge is 2.05. The Hall–Kier alpha value is -1.69. The first kappa shape index (κ1) is 16.2. The third kappa shape index (κ3) is 4.19. The first-order chi connectivity index (χ1) is 11.3. The lowest BCUT2D eigenvalue weighted by Gasteiger charge is -2.08. The molecule has 0 atom stereocenters. The van der Waals surface area contributed by atoms with Crippen molar-refractivity contribution in [2.75, 3.05) is 7.11 Å². The molecular weight excluding hydrogens is 372 g/mol. The van der Waals surface area contributed by atoms with Crippen LogP contribution < -0.4 is 10.1 Å². The number of thiazole rings is 1. The normalized spacial score (nSPS) is 10.7. The summed E-state index contributed by atoms with van der Waals surface area (Å²) < 4.78 is 6.45. The summed E-state index contributed by atoms with van der Waals surface area (Å²) in [5, 5.41) is 4.51. The number of rotatable bonds is 6. The number of ether oxygens (including phenoxy) is 1. The fraction of sp³-hybridized carbons (Fsp3) is 0.167. The van der Waals surface area contributed by atoms with Gasteiger partial charge in [0.05, 0.1) is 12.0 Å². The number of nitrogens with zero attached hydrogens (tertiary/aromatic N) is 1. The molecule has 0 radical (unpaired) electrons. The molecule has 0 aliphatic heterocycles. The molecule has 0 unspecified atom stereocenters. The van der Waals surface area contributed by atoms with Gasteiger partial charge in [-0.15, -0.1) is 11.3 Å². The molecular formula is C18H17BrN2OS. The Morgan fingerprint density at radius 3 is 2.65 bits per heavy atom. The summed E-state index contributed by atoms with van der Waals surface area (Å²) in [6.07, 6.45) is 1.94. The van der Waals surface area contributed by atoms with Crippen LogP contribution in [0.4, 0.5) is 0 Å². The van der Waals surface area contributed by atoms with Gasteiger partial charge in [0.2, 0.25) is 0 Å². The Balaban J connectivity index is 1.60. The number of halogens is 1. The van der Waals surface area contributed by atoms with E-state index in [4.69, 9.17) is 4.74 Å². The van der Waals surface area contributed by atoms with Crippen molar-refractivity contribution in [1.82, 2.24) is 10.3 Å². The number of para-hydroxylation sites is 1. The van der Waals surface area contributed by atoms with Crippen molar-refractivity contribution in [2.45, 2.75) is 13.1 Å². The number of hydrogen-bond donors (Lipinski definition) is 1. The lowest BCUT2D eigenvalue weighted by Crippen LogP contribution is -2.13. The van der Waals surface area contributed by atoms with E-state index in [9.17, 15) is 0 Å². The summed E-state index contributed by atoms with van der Waals surface area (Å²) in [6, 6.07) is 16.4. The molecule has 23 heavy (non-hydrogen) atoms. The van der Waals surface area contributed by atoms with E-state index >= 15 is 0 Å². The maximum absolute atomic E-state index is 5.36. The standard InChI is InChI=1S/C18H17BrN2OS/c1-22-16-5-3-2-4-14(16)10-20-12-18-21-11-17(23-18)13-6-8-15(19)9-7-13/h2-9,11,20H,10,12H2,1H3. The lowest BCUT2D eigenvalue weighted by molar-refractivity contribution is 0.407. The SMILES string of the molecule is COc1ccccc1CNCc1ncc(-c2ccc(Br)cc2)s1. The predicted octanol–water partition coefficient (Wildman–Crippen LogP) is 4.87. The average molecular weight is 389 g/mol. The van der Waals surface area contributed by atoms with Crippen molar-refractivity contribution >= 4 is 27.3 Å². The van der Waals surface area contributed by atoms with Gasteiger partial charge in [-0.3, -0.25) is 0 Å². The third-order valence-corrected chi connectivity index (χ3v) is 5.04. The van der Waals surface area contributed by atoms with Gasteiger partial charge in [-0.05, 0) is 23.8 Å². The molecule has 0 saturated carbocycles. The molecule has 3 nitrogen and oxygen atoms in total. The molecule has 2 aromatic carbocycles. The topological polar surface area (TPSA) is 34.1 Å². The van der Waals surface area contributed by atoms with Gasteiger partial charge in [-0.1, -0.05) is 46.3 Å². The van der Waals surface area contributed by atoms with Gasteiger partial charge in [0, 0.05) is 29.3 Å². The van der Waals surface area contributed by atoms with Crippen LogP contribution in [0.2, 0.25) is 0 Å². The second-order valence-corrected chi connectivity index (χ2v) is 7.07. The highest BCUT2D eigenvalue weighted by molar-refractivity contribution is 9.10. The van der Waals surface area contributed by atoms with E-state index in [2.05, 4.69) is 56.6 Å². The zero-order valence-electron chi connectivity index (χ0n) is 12.8. The summed E-state index contributed by atoms with van der Waals surface area (Å²) >= 11 is 5.18. The van der Waals surface area contributed by atoms with Crippen molar-refractivity contribution in [3.05, 3.63) is 69.8 Å². The highest BCUT2D eigenvalue weighted by atomic mass is 79.9. The van der Waals surface area contributed by atoms with Crippen LogP contribution >= 0.6 is 27.3 Å². The van der Waals surface area contributed by atoms with Crippen LogP contribution in [0.25, 0.3) is 10.4 Å². The number of nitrogens with one attached hydrogen (secondary N) is 1. The Bertz CT molecular complexity index is 771. The highest BCUT2D eigenvalue weighted by Crippen LogP contribution is 2.27. The summed E-state index contributed by atoms with van der Waals surface area (Å²) in [5.41, 5.74) is 2.35. The Morgan fingerprint density at radius 2 is 1.87 bits per heavy atom. The van der Waals surface area contributed by atoms with E-state index in [1.165, 1.54) is 10.4 Å². The first-order valence-electron chi connectivity index (χ1n) is 7.29. The fourth-order valence-corrected chi connectivity index (χ4v) is 3.45. The zero-order chi connectivity index (χ0) is 16.1. The fourth-order valence-electron chi connectivity index (χ4n) is 2.29. The Morgan fingerprint density at radius 1 is 1.09 bits per heavy atom. The molecule has 0 spiro atoms. The quantitative estimate of drug-likeness (QED) is 0.653. The van der Waals surface area contributed by atoms with Gasteiger partial charge in [-0.25, -0.2) is 4.98 Å². The minimum atomic E-state index is 0.749. The van der Waals surface area contributed by atoms with Crippen LogP contribution in [0.1, 0.15) is 10.6 Å². The van der Waals surface area contributed by atoms with Crippen LogP contribution in [0.3, 0.4) is 0 Å². The van der Waals surface area contributed by atoms with Crippen LogP contribution in [0, 0.1) is 0 Å². The summed E-state index contributed by atoms with van der Waals surface area (Å²) in [4.78, 5) is 5.69. The second kappa shape index (κ2) is 7.73. The molecule has 0 aliphatic carbocycles. The smallest absolute Gasteiger partial charge is 0.123 e. The molecule has 0 amide bonds. The Labute approximate surface area is 148 Å². The molecule has 0 saturated heterocycles. The molecule has 0 fully saturated rings. The van der Waals surface area contributed by atoms with Crippen LogP contribution in [-0.4, -0.2) is 12.1 Å². The van der Waals surface area contributed by atoms with Gasteiger partial charge >= 0.3 is 0 Å². The molecule has 1 heterocycles. The predicted molar refractivity (Wildman–Crippen MR) is 98.8 cm³/mol. The number of aromatic nitrogens is 1. The molecule has 3 rings (SSSR count). The Kier molecular flexibility index (Phi) is 5.43. The summed E-state index contributed by atoms with van der Waals surface area (Å²) in [7, 11) is 1.70.